The van der Waals surface area contributed by atoms with E-state index in [9.17, 15) is 0 Å². The molecule has 0 unspecified atom stereocenters. The number of rotatable bonds is 4. The first-order valence-corrected chi connectivity index (χ1v) is 5.14. The zero-order valence-corrected chi connectivity index (χ0v) is 8.79. The number of likely N-dealkylation sites (N-methyl/N-ethyl adjacent to an activating group) is 1. The summed E-state index contributed by atoms with van der Waals surface area (Å²) in [6, 6.07) is 0. The second kappa shape index (κ2) is 5.22. The Balaban J connectivity index is 2.24. The zero-order chi connectivity index (χ0) is 9.68. The highest BCUT2D eigenvalue weighted by atomic mass is 15.1. The van der Waals surface area contributed by atoms with E-state index in [0.717, 1.165) is 18.9 Å². The summed E-state index contributed by atoms with van der Waals surface area (Å²) in [4.78, 5) is 6.53. The predicted octanol–water partition coefficient (Wildman–Crippen LogP) is 1.10. The zero-order valence-electron chi connectivity index (χ0n) is 8.79. The Morgan fingerprint density at radius 3 is 2.54 bits per heavy atom. The maximum absolute atomic E-state index is 5.90. The van der Waals surface area contributed by atoms with Gasteiger partial charge in [0, 0.05) is 12.5 Å². The van der Waals surface area contributed by atoms with E-state index in [1.54, 1.807) is 0 Å². The molecular formula is C10H21N3. The second-order valence-corrected chi connectivity index (χ2v) is 4.09. The molecule has 1 aliphatic rings. The predicted molar refractivity (Wildman–Crippen MR) is 57.0 cm³/mol. The van der Waals surface area contributed by atoms with Crippen molar-refractivity contribution < 1.29 is 0 Å². The first-order chi connectivity index (χ1) is 6.20. The molecule has 0 aromatic carbocycles. The normalized spacial score (nSPS) is 20.1. The van der Waals surface area contributed by atoms with Crippen molar-refractivity contribution in [3.8, 4) is 0 Å². The lowest BCUT2D eigenvalue weighted by molar-refractivity contribution is 0.420. The lowest BCUT2D eigenvalue weighted by Crippen LogP contribution is -2.24. The topological polar surface area (TPSA) is 41.6 Å². The fraction of sp³-hybridized carbons (Fsp3) is 0.900. The van der Waals surface area contributed by atoms with Gasteiger partial charge in [-0.05, 0) is 26.9 Å². The van der Waals surface area contributed by atoms with Gasteiger partial charge in [-0.1, -0.05) is 12.8 Å². The van der Waals surface area contributed by atoms with Crippen molar-refractivity contribution in [2.24, 2.45) is 16.6 Å². The van der Waals surface area contributed by atoms with Crippen LogP contribution in [0.15, 0.2) is 4.99 Å². The van der Waals surface area contributed by atoms with Gasteiger partial charge in [0.1, 0.15) is 0 Å². The maximum Gasteiger partial charge on any atom is 0.0968 e. The Morgan fingerprint density at radius 2 is 2.00 bits per heavy atom. The molecule has 13 heavy (non-hydrogen) atoms. The molecule has 0 spiro atoms. The first kappa shape index (κ1) is 10.5. The van der Waals surface area contributed by atoms with Gasteiger partial charge in [-0.2, -0.15) is 0 Å². The minimum Gasteiger partial charge on any atom is -0.387 e. The van der Waals surface area contributed by atoms with E-state index in [2.05, 4.69) is 24.0 Å². The van der Waals surface area contributed by atoms with Crippen LogP contribution in [-0.2, 0) is 0 Å². The molecule has 1 rings (SSSR count). The average Bonchev–Trinajstić information content (AvgIpc) is 2.55. The summed E-state index contributed by atoms with van der Waals surface area (Å²) in [5.74, 6) is 1.47. The third-order valence-corrected chi connectivity index (χ3v) is 2.62. The van der Waals surface area contributed by atoms with E-state index in [0.29, 0.717) is 5.92 Å². The molecule has 0 radical (unpaired) electrons. The van der Waals surface area contributed by atoms with Crippen LogP contribution in [-0.4, -0.2) is 37.9 Å². The molecule has 1 aliphatic carbocycles. The van der Waals surface area contributed by atoms with Gasteiger partial charge in [-0.25, -0.2) is 0 Å². The summed E-state index contributed by atoms with van der Waals surface area (Å²) in [7, 11) is 4.11. The molecule has 76 valence electrons. The van der Waals surface area contributed by atoms with E-state index in [-0.39, 0.29) is 0 Å². The molecule has 0 atom stereocenters. The number of nitrogens with zero attached hydrogens (tertiary/aromatic N) is 2. The lowest BCUT2D eigenvalue weighted by atomic mass is 10.1. The molecule has 0 bridgehead atoms. The molecule has 3 heteroatoms. The van der Waals surface area contributed by atoms with Gasteiger partial charge in [0.05, 0.1) is 12.4 Å². The minimum atomic E-state index is 0.585. The molecule has 0 saturated heterocycles. The summed E-state index contributed by atoms with van der Waals surface area (Å²) in [6.07, 6.45) is 5.15. The van der Waals surface area contributed by atoms with Crippen molar-refractivity contribution in [2.45, 2.75) is 25.7 Å². The van der Waals surface area contributed by atoms with Gasteiger partial charge in [-0.15, -0.1) is 0 Å². The highest BCUT2D eigenvalue weighted by Gasteiger charge is 2.17. The van der Waals surface area contributed by atoms with E-state index < -0.39 is 0 Å². The number of aliphatic imine (C=N–C) groups is 1. The van der Waals surface area contributed by atoms with Crippen LogP contribution in [0.4, 0.5) is 0 Å². The fourth-order valence-corrected chi connectivity index (χ4v) is 1.73. The molecule has 2 N–H and O–H groups in total. The summed E-state index contributed by atoms with van der Waals surface area (Å²) >= 11 is 0. The minimum absolute atomic E-state index is 0.585. The summed E-state index contributed by atoms with van der Waals surface area (Å²) < 4.78 is 0. The Kier molecular flexibility index (Phi) is 4.22. The van der Waals surface area contributed by atoms with Gasteiger partial charge >= 0.3 is 0 Å². The summed E-state index contributed by atoms with van der Waals surface area (Å²) in [5, 5.41) is 0. The molecule has 3 nitrogen and oxygen atoms in total. The third kappa shape index (κ3) is 3.77. The van der Waals surface area contributed by atoms with Crippen molar-refractivity contribution in [3.63, 3.8) is 0 Å². The van der Waals surface area contributed by atoms with Crippen molar-refractivity contribution in [3.05, 3.63) is 0 Å². The van der Waals surface area contributed by atoms with Crippen LogP contribution in [0.25, 0.3) is 0 Å². The standard InChI is InChI=1S/C10H21N3/c1-13(2)8-7-12-10(11)9-5-3-4-6-9/h9H,3-8H2,1-2H3,(H2,11,12). The lowest BCUT2D eigenvalue weighted by Gasteiger charge is -2.10. The van der Waals surface area contributed by atoms with Crippen LogP contribution in [0.5, 0.6) is 0 Å². The molecule has 0 heterocycles. The van der Waals surface area contributed by atoms with Gasteiger partial charge < -0.3 is 10.6 Å². The van der Waals surface area contributed by atoms with Crippen molar-refractivity contribution in [2.75, 3.05) is 27.2 Å². The van der Waals surface area contributed by atoms with Crippen molar-refractivity contribution in [1.29, 1.82) is 0 Å². The van der Waals surface area contributed by atoms with Gasteiger partial charge in [-0.3, -0.25) is 4.99 Å². The van der Waals surface area contributed by atoms with Gasteiger partial charge in [0.15, 0.2) is 0 Å². The molecular weight excluding hydrogens is 162 g/mol. The maximum atomic E-state index is 5.90. The summed E-state index contributed by atoms with van der Waals surface area (Å²) in [6.45, 7) is 1.84. The largest absolute Gasteiger partial charge is 0.387 e. The van der Waals surface area contributed by atoms with Crippen LogP contribution < -0.4 is 5.73 Å². The average molecular weight is 183 g/mol. The number of hydrogen-bond donors (Lipinski definition) is 1. The third-order valence-electron chi connectivity index (χ3n) is 2.62. The van der Waals surface area contributed by atoms with Crippen molar-refractivity contribution in [1.82, 2.24) is 4.90 Å². The number of nitrogens with two attached hydrogens (primary N) is 1. The Labute approximate surface area is 81.0 Å². The number of hydrogen-bond acceptors (Lipinski definition) is 2. The summed E-state index contributed by atoms with van der Waals surface area (Å²) in [5.41, 5.74) is 5.90. The SMILES string of the molecule is CN(C)CCN=C(N)C1CCCC1. The smallest absolute Gasteiger partial charge is 0.0968 e. The molecule has 0 aromatic rings. The van der Waals surface area contributed by atoms with Crippen LogP contribution in [0.2, 0.25) is 0 Å². The Bertz CT molecular complexity index is 169. The van der Waals surface area contributed by atoms with E-state index >= 15 is 0 Å². The van der Waals surface area contributed by atoms with E-state index in [1.807, 2.05) is 0 Å². The van der Waals surface area contributed by atoms with E-state index in [1.165, 1.54) is 25.7 Å². The van der Waals surface area contributed by atoms with Crippen LogP contribution in [0.1, 0.15) is 25.7 Å². The highest BCUT2D eigenvalue weighted by Crippen LogP contribution is 2.24. The van der Waals surface area contributed by atoms with Crippen LogP contribution >= 0.6 is 0 Å². The highest BCUT2D eigenvalue weighted by molar-refractivity contribution is 5.83. The van der Waals surface area contributed by atoms with Crippen LogP contribution in [0, 0.1) is 5.92 Å². The Hall–Kier alpha value is -0.570. The monoisotopic (exact) mass is 183 g/mol. The number of amidine groups is 1. The molecule has 0 aromatic heterocycles. The Morgan fingerprint density at radius 1 is 1.38 bits per heavy atom. The molecule has 1 fully saturated rings. The first-order valence-electron chi connectivity index (χ1n) is 5.14. The van der Waals surface area contributed by atoms with Crippen molar-refractivity contribution >= 4 is 5.84 Å². The van der Waals surface area contributed by atoms with Gasteiger partial charge in [0.2, 0.25) is 0 Å². The molecule has 0 amide bonds. The molecule has 0 aliphatic heterocycles. The second-order valence-electron chi connectivity index (χ2n) is 4.09. The van der Waals surface area contributed by atoms with E-state index in [4.69, 9.17) is 5.73 Å². The molecule has 1 saturated carbocycles. The quantitative estimate of drug-likeness (QED) is 0.524. The van der Waals surface area contributed by atoms with Gasteiger partial charge in [0.25, 0.3) is 0 Å². The van der Waals surface area contributed by atoms with Crippen LogP contribution in [0.3, 0.4) is 0 Å². The fourth-order valence-electron chi connectivity index (χ4n) is 1.73.